The number of amides is 1. The molecule has 0 bridgehead atoms. The summed E-state index contributed by atoms with van der Waals surface area (Å²) in [6.07, 6.45) is 0. The minimum atomic E-state index is -0.894. The van der Waals surface area contributed by atoms with Gasteiger partial charge in [0.05, 0.1) is 36.9 Å². The number of aliphatic hydroxyl groups is 1. The molecule has 1 atom stereocenters. The zero-order chi connectivity index (χ0) is 23.2. The first kappa shape index (κ1) is 21.4. The number of nitrogens with one attached hydrogen (secondary N) is 1. The molecule has 1 amide bonds. The van der Waals surface area contributed by atoms with E-state index in [0.29, 0.717) is 22.6 Å². The third-order valence-electron chi connectivity index (χ3n) is 5.46. The van der Waals surface area contributed by atoms with Crippen LogP contribution in [-0.4, -0.2) is 41.0 Å². The van der Waals surface area contributed by atoms with Crippen LogP contribution >= 0.6 is 0 Å². The summed E-state index contributed by atoms with van der Waals surface area (Å²) >= 11 is 0. The van der Waals surface area contributed by atoms with Crippen molar-refractivity contribution in [3.63, 3.8) is 0 Å². The molecule has 0 radical (unpaired) electrons. The number of ether oxygens (including phenoxy) is 2. The fraction of sp³-hybridized carbons (Fsp3) is 0.292. The average Bonchev–Trinajstić information content (AvgIpc) is 3.30. The van der Waals surface area contributed by atoms with Gasteiger partial charge in [-0.3, -0.25) is 14.5 Å². The van der Waals surface area contributed by atoms with Crippen LogP contribution in [0, 0.1) is 5.41 Å². The Labute approximate surface area is 185 Å². The second-order valence-corrected chi connectivity index (χ2v) is 8.61. The van der Waals surface area contributed by atoms with E-state index in [1.54, 1.807) is 39.0 Å². The number of carbonyl (C=O) groups excluding carboxylic acids is 2. The summed E-state index contributed by atoms with van der Waals surface area (Å²) < 4.78 is 10.8. The molecule has 0 saturated carbocycles. The van der Waals surface area contributed by atoms with Gasteiger partial charge >= 0.3 is 0 Å². The maximum atomic E-state index is 13.3. The molecule has 4 rings (SSSR count). The van der Waals surface area contributed by atoms with Crippen LogP contribution in [0.3, 0.4) is 0 Å². The van der Waals surface area contributed by atoms with E-state index in [1.165, 1.54) is 19.1 Å². The SMILES string of the molecule is COc1ccc(C2C(C(=O)C(C)(C)C)=C(O)C(=O)N2c2nc3ccccc3[nH]2)cc1OC. The van der Waals surface area contributed by atoms with Gasteiger partial charge in [-0.2, -0.15) is 0 Å². The topological polar surface area (TPSA) is 105 Å². The highest BCUT2D eigenvalue weighted by Crippen LogP contribution is 2.44. The van der Waals surface area contributed by atoms with Crippen LogP contribution in [0.15, 0.2) is 53.8 Å². The molecule has 1 unspecified atom stereocenters. The van der Waals surface area contributed by atoms with Crippen LogP contribution in [0.5, 0.6) is 11.5 Å². The van der Waals surface area contributed by atoms with Gasteiger partial charge in [0.1, 0.15) is 0 Å². The number of hydrogen-bond acceptors (Lipinski definition) is 6. The number of aromatic amines is 1. The van der Waals surface area contributed by atoms with Gasteiger partial charge in [0.25, 0.3) is 5.91 Å². The molecular formula is C24H25N3O5. The fourth-order valence-corrected chi connectivity index (χ4v) is 3.85. The first-order chi connectivity index (χ1) is 15.2. The van der Waals surface area contributed by atoms with Gasteiger partial charge in [-0.25, -0.2) is 4.98 Å². The van der Waals surface area contributed by atoms with Gasteiger partial charge in [0, 0.05) is 5.41 Å². The number of aromatic nitrogens is 2. The van der Waals surface area contributed by atoms with E-state index in [2.05, 4.69) is 9.97 Å². The molecule has 1 aliphatic heterocycles. The van der Waals surface area contributed by atoms with Crippen molar-refractivity contribution in [3.05, 3.63) is 59.4 Å². The van der Waals surface area contributed by atoms with E-state index in [9.17, 15) is 14.7 Å². The number of anilines is 1. The maximum absolute atomic E-state index is 13.3. The number of carbonyl (C=O) groups is 2. The Morgan fingerprint density at radius 1 is 1.09 bits per heavy atom. The molecule has 8 heteroatoms. The molecule has 2 N–H and O–H groups in total. The van der Waals surface area contributed by atoms with Gasteiger partial charge < -0.3 is 19.6 Å². The second-order valence-electron chi connectivity index (χ2n) is 8.61. The minimum Gasteiger partial charge on any atom is -0.503 e. The van der Waals surface area contributed by atoms with Crippen LogP contribution in [0.2, 0.25) is 0 Å². The predicted octanol–water partition coefficient (Wildman–Crippen LogP) is 4.10. The quantitative estimate of drug-likeness (QED) is 0.625. The molecule has 0 aliphatic carbocycles. The van der Waals surface area contributed by atoms with Gasteiger partial charge in [-0.05, 0) is 29.8 Å². The van der Waals surface area contributed by atoms with Gasteiger partial charge in [-0.1, -0.05) is 39.0 Å². The normalized spacial score (nSPS) is 16.7. The highest BCUT2D eigenvalue weighted by atomic mass is 16.5. The third kappa shape index (κ3) is 3.37. The van der Waals surface area contributed by atoms with Crippen molar-refractivity contribution in [2.24, 2.45) is 5.41 Å². The third-order valence-corrected chi connectivity index (χ3v) is 5.46. The first-order valence-electron chi connectivity index (χ1n) is 10.2. The molecule has 0 saturated heterocycles. The molecule has 1 aromatic heterocycles. The summed E-state index contributed by atoms with van der Waals surface area (Å²) in [4.78, 5) is 35.6. The summed E-state index contributed by atoms with van der Waals surface area (Å²) in [5.41, 5.74) is 1.18. The molecular weight excluding hydrogens is 410 g/mol. The Hall–Kier alpha value is -3.81. The summed E-state index contributed by atoms with van der Waals surface area (Å²) in [6, 6.07) is 11.6. The monoisotopic (exact) mass is 435 g/mol. The number of fused-ring (bicyclic) bond motifs is 1. The number of methoxy groups -OCH3 is 2. The fourth-order valence-electron chi connectivity index (χ4n) is 3.85. The molecule has 0 fully saturated rings. The Morgan fingerprint density at radius 3 is 2.41 bits per heavy atom. The van der Waals surface area contributed by atoms with E-state index in [-0.39, 0.29) is 17.3 Å². The standard InChI is InChI=1S/C24H25N3O5/c1-24(2,3)21(29)18-19(13-10-11-16(31-4)17(12-13)32-5)27(22(30)20(18)28)23-25-14-8-6-7-9-15(14)26-23/h6-12,19,28H,1-5H3,(H,25,26). The number of para-hydroxylation sites is 2. The molecule has 2 aromatic carbocycles. The lowest BCUT2D eigenvalue weighted by molar-refractivity contribution is -0.123. The lowest BCUT2D eigenvalue weighted by atomic mass is 9.82. The van der Waals surface area contributed by atoms with Crippen LogP contribution < -0.4 is 14.4 Å². The molecule has 8 nitrogen and oxygen atoms in total. The largest absolute Gasteiger partial charge is 0.503 e. The van der Waals surface area contributed by atoms with E-state index in [0.717, 1.165) is 5.52 Å². The van der Waals surface area contributed by atoms with Gasteiger partial charge in [0.15, 0.2) is 23.0 Å². The number of Topliss-reactive ketones (excluding diaryl/α,β-unsaturated/α-hetero) is 1. The Balaban J connectivity index is 1.93. The van der Waals surface area contributed by atoms with E-state index in [1.807, 2.05) is 24.3 Å². The van der Waals surface area contributed by atoms with Crippen molar-refractivity contribution in [1.82, 2.24) is 9.97 Å². The number of ketones is 1. The van der Waals surface area contributed by atoms with Gasteiger partial charge in [0.2, 0.25) is 5.95 Å². The van der Waals surface area contributed by atoms with Crippen molar-refractivity contribution < 1.29 is 24.2 Å². The van der Waals surface area contributed by atoms with E-state index >= 15 is 0 Å². The first-order valence-corrected chi connectivity index (χ1v) is 10.2. The lowest BCUT2D eigenvalue weighted by Crippen LogP contribution is -2.33. The van der Waals surface area contributed by atoms with E-state index < -0.39 is 23.1 Å². The smallest absolute Gasteiger partial charge is 0.296 e. The van der Waals surface area contributed by atoms with Crippen molar-refractivity contribution in [3.8, 4) is 11.5 Å². The number of benzene rings is 2. The van der Waals surface area contributed by atoms with Crippen molar-refractivity contribution in [1.29, 1.82) is 0 Å². The second kappa shape index (κ2) is 7.71. The Kier molecular flexibility index (Phi) is 5.16. The number of imidazole rings is 1. The highest BCUT2D eigenvalue weighted by Gasteiger charge is 2.48. The molecule has 2 heterocycles. The molecule has 166 valence electrons. The summed E-state index contributed by atoms with van der Waals surface area (Å²) in [5.74, 6) is -0.425. The minimum absolute atomic E-state index is 0.0233. The summed E-state index contributed by atoms with van der Waals surface area (Å²) in [6.45, 7) is 5.24. The number of aliphatic hydroxyl groups excluding tert-OH is 1. The Morgan fingerprint density at radius 2 is 1.78 bits per heavy atom. The number of rotatable bonds is 5. The molecule has 0 spiro atoms. The summed E-state index contributed by atoms with van der Waals surface area (Å²) in [7, 11) is 3.03. The molecule has 3 aromatic rings. The predicted molar refractivity (Wildman–Crippen MR) is 120 cm³/mol. The number of H-pyrrole nitrogens is 1. The van der Waals surface area contributed by atoms with Gasteiger partial charge in [-0.15, -0.1) is 0 Å². The number of nitrogens with zero attached hydrogens (tertiary/aromatic N) is 2. The zero-order valence-electron chi connectivity index (χ0n) is 18.6. The Bertz CT molecular complexity index is 1220. The van der Waals surface area contributed by atoms with Crippen molar-refractivity contribution >= 4 is 28.7 Å². The zero-order valence-corrected chi connectivity index (χ0v) is 18.6. The van der Waals surface area contributed by atoms with Crippen LogP contribution in [0.25, 0.3) is 11.0 Å². The van der Waals surface area contributed by atoms with Crippen LogP contribution in [0.4, 0.5) is 5.95 Å². The van der Waals surface area contributed by atoms with Crippen molar-refractivity contribution in [2.45, 2.75) is 26.8 Å². The highest BCUT2D eigenvalue weighted by molar-refractivity contribution is 6.17. The molecule has 32 heavy (non-hydrogen) atoms. The van der Waals surface area contributed by atoms with Crippen molar-refractivity contribution in [2.75, 3.05) is 19.1 Å². The average molecular weight is 435 g/mol. The molecule has 1 aliphatic rings. The van der Waals surface area contributed by atoms with Crippen LogP contribution in [-0.2, 0) is 9.59 Å². The summed E-state index contributed by atoms with van der Waals surface area (Å²) in [5, 5.41) is 10.8. The van der Waals surface area contributed by atoms with Crippen LogP contribution in [0.1, 0.15) is 32.4 Å². The number of hydrogen-bond donors (Lipinski definition) is 2. The van der Waals surface area contributed by atoms with E-state index in [4.69, 9.17) is 9.47 Å². The maximum Gasteiger partial charge on any atom is 0.296 e. The lowest BCUT2D eigenvalue weighted by Gasteiger charge is -2.27.